The Hall–Kier alpha value is -4.07. The average Bonchev–Trinajstić information content (AvgIpc) is 2.74. The predicted octanol–water partition coefficient (Wildman–Crippen LogP) is 4.08. The Morgan fingerprint density at radius 1 is 1.10 bits per heavy atom. The van der Waals surface area contributed by atoms with Crippen LogP contribution in [0.25, 0.3) is 0 Å². The summed E-state index contributed by atoms with van der Waals surface area (Å²) in [6.07, 6.45) is 1.44. The van der Waals surface area contributed by atoms with Crippen LogP contribution in [0.3, 0.4) is 0 Å². The standard InChI is InChI=1S/C21H16FN3O4/c22-18-8-4-16(5-9-18)14-29-20-10-6-15(7-11-20)13-23-24-21(26)17-2-1-3-19(12-17)25(27)28/h1-13H,14H2,(H,24,26). The Kier molecular flexibility index (Phi) is 6.26. The quantitative estimate of drug-likeness (QED) is 0.372. The van der Waals surface area contributed by atoms with Crippen LogP contribution < -0.4 is 10.2 Å². The number of benzene rings is 3. The first kappa shape index (κ1) is 19.7. The molecule has 0 saturated carbocycles. The van der Waals surface area contributed by atoms with E-state index >= 15 is 0 Å². The van der Waals surface area contributed by atoms with Gasteiger partial charge >= 0.3 is 0 Å². The number of nitro groups is 1. The van der Waals surface area contributed by atoms with Crippen molar-refractivity contribution in [1.82, 2.24) is 5.43 Å². The molecule has 3 aromatic rings. The van der Waals surface area contributed by atoms with Crippen molar-refractivity contribution >= 4 is 17.8 Å². The number of nitrogens with zero attached hydrogens (tertiary/aromatic N) is 2. The smallest absolute Gasteiger partial charge is 0.271 e. The zero-order valence-corrected chi connectivity index (χ0v) is 15.1. The van der Waals surface area contributed by atoms with E-state index in [9.17, 15) is 19.3 Å². The number of ether oxygens (including phenoxy) is 1. The van der Waals surface area contributed by atoms with Crippen LogP contribution in [0.5, 0.6) is 5.75 Å². The maximum Gasteiger partial charge on any atom is 0.271 e. The van der Waals surface area contributed by atoms with E-state index in [4.69, 9.17) is 4.74 Å². The van der Waals surface area contributed by atoms with E-state index in [0.29, 0.717) is 12.4 Å². The molecular formula is C21H16FN3O4. The zero-order valence-electron chi connectivity index (χ0n) is 15.1. The second kappa shape index (κ2) is 9.23. The largest absolute Gasteiger partial charge is 0.489 e. The molecule has 1 amide bonds. The predicted molar refractivity (Wildman–Crippen MR) is 105 cm³/mol. The average molecular weight is 393 g/mol. The van der Waals surface area contributed by atoms with E-state index in [0.717, 1.165) is 11.1 Å². The Balaban J connectivity index is 1.53. The van der Waals surface area contributed by atoms with Gasteiger partial charge in [0.2, 0.25) is 0 Å². The SMILES string of the molecule is O=C(NN=Cc1ccc(OCc2ccc(F)cc2)cc1)c1cccc([N+](=O)[O-])c1. The van der Waals surface area contributed by atoms with Crippen molar-refractivity contribution in [2.45, 2.75) is 6.61 Å². The first-order valence-corrected chi connectivity index (χ1v) is 8.56. The second-order valence-corrected chi connectivity index (χ2v) is 5.99. The highest BCUT2D eigenvalue weighted by molar-refractivity contribution is 5.95. The van der Waals surface area contributed by atoms with Crippen LogP contribution in [0, 0.1) is 15.9 Å². The Morgan fingerprint density at radius 3 is 2.52 bits per heavy atom. The number of rotatable bonds is 7. The summed E-state index contributed by atoms with van der Waals surface area (Å²) in [7, 11) is 0. The monoisotopic (exact) mass is 393 g/mol. The summed E-state index contributed by atoms with van der Waals surface area (Å²) in [6, 6.07) is 18.4. The maximum atomic E-state index is 12.9. The Bertz CT molecular complexity index is 1030. The van der Waals surface area contributed by atoms with Gasteiger partial charge in [-0.25, -0.2) is 9.82 Å². The number of hydrazone groups is 1. The minimum absolute atomic E-state index is 0.140. The molecule has 0 fully saturated rings. The van der Waals surface area contributed by atoms with Gasteiger partial charge in [-0.2, -0.15) is 5.10 Å². The van der Waals surface area contributed by atoms with E-state index in [1.54, 1.807) is 36.4 Å². The molecule has 0 aliphatic carbocycles. The van der Waals surface area contributed by atoms with Gasteiger partial charge in [-0.05, 0) is 53.6 Å². The number of nitro benzene ring substituents is 1. The number of halogens is 1. The fourth-order valence-corrected chi connectivity index (χ4v) is 2.39. The van der Waals surface area contributed by atoms with Gasteiger partial charge in [-0.3, -0.25) is 14.9 Å². The number of hydrogen-bond acceptors (Lipinski definition) is 5. The van der Waals surface area contributed by atoms with Crippen LogP contribution >= 0.6 is 0 Å². The van der Waals surface area contributed by atoms with Crippen LogP contribution in [0.2, 0.25) is 0 Å². The third-order valence-electron chi connectivity index (χ3n) is 3.90. The normalized spacial score (nSPS) is 10.7. The van der Waals surface area contributed by atoms with Crippen LogP contribution in [0.15, 0.2) is 77.9 Å². The highest BCUT2D eigenvalue weighted by Crippen LogP contribution is 2.14. The van der Waals surface area contributed by atoms with Crippen molar-refractivity contribution in [2.75, 3.05) is 0 Å². The van der Waals surface area contributed by atoms with Gasteiger partial charge in [0.15, 0.2) is 0 Å². The number of non-ortho nitro benzene ring substituents is 1. The van der Waals surface area contributed by atoms with E-state index in [-0.39, 0.29) is 17.1 Å². The molecule has 146 valence electrons. The van der Waals surface area contributed by atoms with Gasteiger partial charge in [0.1, 0.15) is 18.2 Å². The molecule has 1 N–H and O–H groups in total. The molecule has 29 heavy (non-hydrogen) atoms. The summed E-state index contributed by atoms with van der Waals surface area (Å²) in [4.78, 5) is 22.2. The Morgan fingerprint density at radius 2 is 1.83 bits per heavy atom. The maximum absolute atomic E-state index is 12.9. The van der Waals surface area contributed by atoms with Gasteiger partial charge in [0, 0.05) is 17.7 Å². The molecule has 0 atom stereocenters. The van der Waals surface area contributed by atoms with E-state index in [1.807, 2.05) is 0 Å². The molecular weight excluding hydrogens is 377 g/mol. The second-order valence-electron chi connectivity index (χ2n) is 5.99. The van der Waals surface area contributed by atoms with Crippen LogP contribution in [-0.2, 0) is 6.61 Å². The molecule has 0 aliphatic heterocycles. The van der Waals surface area contributed by atoms with Crippen molar-refractivity contribution in [3.63, 3.8) is 0 Å². The highest BCUT2D eigenvalue weighted by Gasteiger charge is 2.10. The van der Waals surface area contributed by atoms with E-state index in [2.05, 4.69) is 10.5 Å². The molecule has 3 rings (SSSR count). The molecule has 0 radical (unpaired) electrons. The summed E-state index contributed by atoms with van der Waals surface area (Å²) in [6.45, 7) is 0.312. The number of hydrogen-bond donors (Lipinski definition) is 1. The van der Waals surface area contributed by atoms with Crippen molar-refractivity contribution < 1.29 is 18.8 Å². The summed E-state index contributed by atoms with van der Waals surface area (Å²) in [5.74, 6) is -0.216. The third kappa shape index (κ3) is 5.70. The molecule has 0 unspecified atom stereocenters. The molecule has 0 aliphatic rings. The molecule has 0 aromatic heterocycles. The van der Waals surface area contributed by atoms with Crippen molar-refractivity contribution in [1.29, 1.82) is 0 Å². The van der Waals surface area contributed by atoms with Crippen molar-refractivity contribution in [3.05, 3.63) is 105 Å². The molecule has 3 aromatic carbocycles. The van der Waals surface area contributed by atoms with Crippen molar-refractivity contribution in [3.8, 4) is 5.75 Å². The molecule has 8 heteroatoms. The van der Waals surface area contributed by atoms with Gasteiger partial charge < -0.3 is 4.74 Å². The van der Waals surface area contributed by atoms with Gasteiger partial charge in [0.25, 0.3) is 11.6 Å². The van der Waals surface area contributed by atoms with Crippen molar-refractivity contribution in [2.24, 2.45) is 5.10 Å². The molecule has 0 bridgehead atoms. The van der Waals surface area contributed by atoms with Gasteiger partial charge in [0.05, 0.1) is 11.1 Å². The number of carbonyl (C=O) groups is 1. The lowest BCUT2D eigenvalue weighted by atomic mass is 10.2. The molecule has 0 heterocycles. The Labute approximate surface area is 165 Å². The molecule has 0 spiro atoms. The first-order valence-electron chi connectivity index (χ1n) is 8.56. The minimum Gasteiger partial charge on any atom is -0.489 e. The lowest BCUT2D eigenvalue weighted by Crippen LogP contribution is -2.17. The summed E-state index contributed by atoms with van der Waals surface area (Å²) >= 11 is 0. The lowest BCUT2D eigenvalue weighted by Gasteiger charge is -2.06. The topological polar surface area (TPSA) is 93.8 Å². The highest BCUT2D eigenvalue weighted by atomic mass is 19.1. The fraction of sp³-hybridized carbons (Fsp3) is 0.0476. The zero-order chi connectivity index (χ0) is 20.6. The van der Waals surface area contributed by atoms with Crippen LogP contribution in [0.4, 0.5) is 10.1 Å². The minimum atomic E-state index is -0.570. The number of carbonyl (C=O) groups excluding carboxylic acids is 1. The fourth-order valence-electron chi connectivity index (χ4n) is 2.39. The van der Waals surface area contributed by atoms with E-state index < -0.39 is 10.8 Å². The number of amides is 1. The third-order valence-corrected chi connectivity index (χ3v) is 3.90. The summed E-state index contributed by atoms with van der Waals surface area (Å²) < 4.78 is 18.5. The first-order chi connectivity index (χ1) is 14.0. The summed E-state index contributed by atoms with van der Waals surface area (Å²) in [5.41, 5.74) is 3.87. The van der Waals surface area contributed by atoms with Crippen LogP contribution in [-0.4, -0.2) is 17.0 Å². The van der Waals surface area contributed by atoms with Gasteiger partial charge in [-0.15, -0.1) is 0 Å². The molecule has 0 saturated heterocycles. The summed E-state index contributed by atoms with van der Waals surface area (Å²) in [5, 5.41) is 14.6. The van der Waals surface area contributed by atoms with Gasteiger partial charge in [-0.1, -0.05) is 18.2 Å². The van der Waals surface area contributed by atoms with Crippen LogP contribution in [0.1, 0.15) is 21.5 Å². The lowest BCUT2D eigenvalue weighted by molar-refractivity contribution is -0.384. The molecule has 7 nitrogen and oxygen atoms in total. The van der Waals surface area contributed by atoms with E-state index in [1.165, 1.54) is 42.6 Å². The number of nitrogens with one attached hydrogen (secondary N) is 1.